The van der Waals surface area contributed by atoms with Gasteiger partial charge in [-0.1, -0.05) is 30.3 Å². The predicted octanol–water partition coefficient (Wildman–Crippen LogP) is 4.29. The van der Waals surface area contributed by atoms with Crippen LogP contribution in [0.25, 0.3) is 16.7 Å². The number of ether oxygens (including phenoxy) is 1. The van der Waals surface area contributed by atoms with Crippen molar-refractivity contribution in [3.8, 4) is 11.4 Å². The van der Waals surface area contributed by atoms with Crippen molar-refractivity contribution in [1.82, 2.24) is 9.55 Å². The lowest BCUT2D eigenvalue weighted by Crippen LogP contribution is -1.97. The molecule has 0 bridgehead atoms. The van der Waals surface area contributed by atoms with Crippen LogP contribution in [-0.4, -0.2) is 34.1 Å². The zero-order chi connectivity index (χ0) is 16.8. The van der Waals surface area contributed by atoms with Gasteiger partial charge in [0.25, 0.3) is 0 Å². The molecular weight excluding hydrogens is 320 g/mol. The number of imidazole rings is 1. The van der Waals surface area contributed by atoms with Gasteiger partial charge < -0.3 is 9.84 Å². The number of hydrogen-bond acceptors (Lipinski definition) is 4. The maximum absolute atomic E-state index is 8.88. The molecular formula is C19H22N2O2S. The SMILES string of the molecule is COc1ccc(-n2c(SCCCCCO)nc3ccccc32)cc1. The fourth-order valence-electron chi connectivity index (χ4n) is 2.64. The Bertz CT molecular complexity index is 784. The monoisotopic (exact) mass is 342 g/mol. The van der Waals surface area contributed by atoms with Crippen LogP contribution in [0.3, 0.4) is 0 Å². The third kappa shape index (κ3) is 3.74. The maximum atomic E-state index is 8.88. The van der Waals surface area contributed by atoms with Crippen LogP contribution in [-0.2, 0) is 0 Å². The number of aromatic nitrogens is 2. The summed E-state index contributed by atoms with van der Waals surface area (Å²) in [4.78, 5) is 4.79. The molecule has 0 amide bonds. The van der Waals surface area contributed by atoms with Crippen LogP contribution in [0.2, 0.25) is 0 Å². The first-order valence-electron chi connectivity index (χ1n) is 8.19. The average Bonchev–Trinajstić information content (AvgIpc) is 3.00. The van der Waals surface area contributed by atoms with Crippen molar-refractivity contribution >= 4 is 22.8 Å². The van der Waals surface area contributed by atoms with Gasteiger partial charge >= 0.3 is 0 Å². The van der Waals surface area contributed by atoms with Crippen LogP contribution in [0.15, 0.2) is 53.7 Å². The second-order valence-electron chi connectivity index (χ2n) is 5.55. The number of unbranched alkanes of at least 4 members (excludes halogenated alkanes) is 2. The van der Waals surface area contributed by atoms with Crippen molar-refractivity contribution in [1.29, 1.82) is 0 Å². The number of thioether (sulfide) groups is 1. The molecule has 0 unspecified atom stereocenters. The van der Waals surface area contributed by atoms with E-state index in [4.69, 9.17) is 14.8 Å². The van der Waals surface area contributed by atoms with Gasteiger partial charge in [-0.2, -0.15) is 0 Å². The lowest BCUT2D eigenvalue weighted by atomic mass is 10.2. The minimum atomic E-state index is 0.273. The third-order valence-corrected chi connectivity index (χ3v) is 4.92. The third-order valence-electron chi connectivity index (χ3n) is 3.89. The average molecular weight is 342 g/mol. The Balaban J connectivity index is 1.89. The highest BCUT2D eigenvalue weighted by Gasteiger charge is 2.12. The van der Waals surface area contributed by atoms with E-state index in [1.807, 2.05) is 30.3 Å². The lowest BCUT2D eigenvalue weighted by molar-refractivity contribution is 0.284. The molecule has 3 rings (SSSR count). The van der Waals surface area contributed by atoms with Gasteiger partial charge in [0.15, 0.2) is 5.16 Å². The topological polar surface area (TPSA) is 47.3 Å². The van der Waals surface area contributed by atoms with E-state index in [0.717, 1.165) is 52.6 Å². The molecule has 0 fully saturated rings. The number of rotatable bonds is 8. The van der Waals surface area contributed by atoms with Crippen molar-refractivity contribution in [3.63, 3.8) is 0 Å². The molecule has 0 aliphatic heterocycles. The highest BCUT2D eigenvalue weighted by atomic mass is 32.2. The molecule has 0 saturated carbocycles. The summed E-state index contributed by atoms with van der Waals surface area (Å²) >= 11 is 1.77. The largest absolute Gasteiger partial charge is 0.497 e. The molecule has 0 aliphatic rings. The Morgan fingerprint density at radius 1 is 1.04 bits per heavy atom. The molecule has 1 aromatic heterocycles. The zero-order valence-electron chi connectivity index (χ0n) is 13.8. The van der Waals surface area contributed by atoms with Crippen LogP contribution in [0.5, 0.6) is 5.75 Å². The highest BCUT2D eigenvalue weighted by Crippen LogP contribution is 2.29. The van der Waals surface area contributed by atoms with Crippen LogP contribution in [0.4, 0.5) is 0 Å². The predicted molar refractivity (Wildman–Crippen MR) is 99.3 cm³/mol. The Morgan fingerprint density at radius 3 is 2.58 bits per heavy atom. The van der Waals surface area contributed by atoms with E-state index in [2.05, 4.69) is 22.8 Å². The number of methoxy groups -OCH3 is 1. The number of benzene rings is 2. The van der Waals surface area contributed by atoms with E-state index in [1.54, 1.807) is 18.9 Å². The Hall–Kier alpha value is -1.98. The van der Waals surface area contributed by atoms with E-state index in [0.29, 0.717) is 0 Å². The van der Waals surface area contributed by atoms with Gasteiger partial charge in [0.1, 0.15) is 5.75 Å². The van der Waals surface area contributed by atoms with Gasteiger partial charge in [-0.05, 0) is 49.2 Å². The second kappa shape index (κ2) is 8.22. The summed E-state index contributed by atoms with van der Waals surface area (Å²) in [5.74, 6) is 1.85. The van der Waals surface area contributed by atoms with Gasteiger partial charge in [-0.15, -0.1) is 0 Å². The van der Waals surface area contributed by atoms with Crippen molar-refractivity contribution in [2.75, 3.05) is 19.5 Å². The summed E-state index contributed by atoms with van der Waals surface area (Å²) in [6.45, 7) is 0.273. The van der Waals surface area contributed by atoms with E-state index in [1.165, 1.54) is 0 Å². The van der Waals surface area contributed by atoms with Crippen molar-refractivity contribution in [2.24, 2.45) is 0 Å². The van der Waals surface area contributed by atoms with E-state index >= 15 is 0 Å². The molecule has 0 spiro atoms. The molecule has 5 heteroatoms. The van der Waals surface area contributed by atoms with Gasteiger partial charge in [0.2, 0.25) is 0 Å². The Kier molecular flexibility index (Phi) is 5.77. The molecule has 3 aromatic rings. The van der Waals surface area contributed by atoms with Gasteiger partial charge in [-0.3, -0.25) is 4.57 Å². The van der Waals surface area contributed by atoms with E-state index in [9.17, 15) is 0 Å². The zero-order valence-corrected chi connectivity index (χ0v) is 14.6. The first-order chi connectivity index (χ1) is 11.8. The quantitative estimate of drug-likeness (QED) is 0.490. The summed E-state index contributed by atoms with van der Waals surface area (Å²) in [6.07, 6.45) is 3.00. The van der Waals surface area contributed by atoms with Crippen molar-refractivity contribution in [3.05, 3.63) is 48.5 Å². The van der Waals surface area contributed by atoms with Crippen LogP contribution >= 0.6 is 11.8 Å². The van der Waals surface area contributed by atoms with Crippen molar-refractivity contribution in [2.45, 2.75) is 24.4 Å². The lowest BCUT2D eigenvalue weighted by Gasteiger charge is -2.10. The van der Waals surface area contributed by atoms with Gasteiger partial charge in [0, 0.05) is 18.0 Å². The molecule has 2 aromatic carbocycles. The second-order valence-corrected chi connectivity index (χ2v) is 6.61. The number of fused-ring (bicyclic) bond motifs is 1. The standard InChI is InChI=1S/C19H22N2O2S/c1-23-16-11-9-15(10-12-16)21-18-8-4-3-7-17(18)20-19(21)24-14-6-2-5-13-22/h3-4,7-12,22H,2,5-6,13-14H2,1H3. The Morgan fingerprint density at radius 2 is 1.83 bits per heavy atom. The molecule has 1 heterocycles. The summed E-state index contributed by atoms with van der Waals surface area (Å²) in [7, 11) is 1.68. The molecule has 1 N–H and O–H groups in total. The highest BCUT2D eigenvalue weighted by molar-refractivity contribution is 7.99. The summed E-state index contributed by atoms with van der Waals surface area (Å²) in [6, 6.07) is 16.3. The number of aliphatic hydroxyl groups is 1. The molecule has 0 aliphatic carbocycles. The molecule has 126 valence electrons. The summed E-state index contributed by atoms with van der Waals surface area (Å²) in [5, 5.41) is 9.88. The number of aliphatic hydroxyl groups excluding tert-OH is 1. The molecule has 0 saturated heterocycles. The first kappa shape index (κ1) is 16.9. The van der Waals surface area contributed by atoms with Crippen LogP contribution in [0, 0.1) is 0 Å². The van der Waals surface area contributed by atoms with E-state index in [-0.39, 0.29) is 6.61 Å². The number of para-hydroxylation sites is 2. The number of nitrogens with zero attached hydrogens (tertiary/aromatic N) is 2. The van der Waals surface area contributed by atoms with E-state index < -0.39 is 0 Å². The normalized spacial score (nSPS) is 11.1. The first-order valence-corrected chi connectivity index (χ1v) is 9.17. The smallest absolute Gasteiger partial charge is 0.173 e. The summed E-state index contributed by atoms with van der Waals surface area (Å²) in [5.41, 5.74) is 3.20. The molecule has 4 nitrogen and oxygen atoms in total. The Labute approximate surface area is 146 Å². The van der Waals surface area contributed by atoms with Crippen molar-refractivity contribution < 1.29 is 9.84 Å². The van der Waals surface area contributed by atoms with Gasteiger partial charge in [-0.25, -0.2) is 4.98 Å². The molecule has 0 atom stereocenters. The molecule has 0 radical (unpaired) electrons. The fourth-order valence-corrected chi connectivity index (χ4v) is 3.66. The number of hydrogen-bond donors (Lipinski definition) is 1. The summed E-state index contributed by atoms with van der Waals surface area (Å²) < 4.78 is 7.46. The molecule has 24 heavy (non-hydrogen) atoms. The fraction of sp³-hybridized carbons (Fsp3) is 0.316. The minimum Gasteiger partial charge on any atom is -0.497 e. The van der Waals surface area contributed by atoms with Crippen LogP contribution < -0.4 is 4.74 Å². The van der Waals surface area contributed by atoms with Gasteiger partial charge in [0.05, 0.1) is 18.1 Å². The minimum absolute atomic E-state index is 0.273. The van der Waals surface area contributed by atoms with Crippen LogP contribution in [0.1, 0.15) is 19.3 Å². The maximum Gasteiger partial charge on any atom is 0.173 e.